The second kappa shape index (κ2) is 6.59. The lowest BCUT2D eigenvalue weighted by Crippen LogP contribution is -2.58. The summed E-state index contributed by atoms with van der Waals surface area (Å²) in [5.41, 5.74) is 0.287. The van der Waals surface area contributed by atoms with E-state index in [9.17, 15) is 22.8 Å². The number of likely N-dealkylation sites (tertiary alicyclic amines) is 1. The monoisotopic (exact) mass is 333 g/mol. The van der Waals surface area contributed by atoms with E-state index in [0.29, 0.717) is 5.76 Å². The lowest BCUT2D eigenvalue weighted by molar-refractivity contribution is -0.197. The number of amides is 2. The Kier molecular flexibility index (Phi) is 4.96. The molecule has 0 aromatic carbocycles. The Morgan fingerprint density at radius 1 is 1.43 bits per heavy atom. The van der Waals surface area contributed by atoms with Gasteiger partial charge in [-0.1, -0.05) is 5.16 Å². The van der Waals surface area contributed by atoms with Gasteiger partial charge in [-0.05, 0) is 19.8 Å². The van der Waals surface area contributed by atoms with Crippen LogP contribution >= 0.6 is 0 Å². The van der Waals surface area contributed by atoms with Gasteiger partial charge in [-0.2, -0.15) is 13.2 Å². The van der Waals surface area contributed by atoms with E-state index in [1.807, 2.05) is 0 Å². The van der Waals surface area contributed by atoms with E-state index in [1.165, 1.54) is 13.0 Å². The highest BCUT2D eigenvalue weighted by Gasteiger charge is 2.48. The van der Waals surface area contributed by atoms with Crippen LogP contribution in [-0.4, -0.2) is 46.7 Å². The summed E-state index contributed by atoms with van der Waals surface area (Å²) in [6, 6.07) is -0.808. The molecule has 0 aliphatic carbocycles. The second-order valence-corrected chi connectivity index (χ2v) is 5.68. The molecule has 1 aromatic heterocycles. The third kappa shape index (κ3) is 4.46. The van der Waals surface area contributed by atoms with Crippen LogP contribution in [0, 0.1) is 6.92 Å². The van der Waals surface area contributed by atoms with Gasteiger partial charge < -0.3 is 14.7 Å². The van der Waals surface area contributed by atoms with E-state index in [2.05, 4.69) is 10.5 Å². The number of hydrogen-bond acceptors (Lipinski definition) is 4. The average Bonchev–Trinajstić information content (AvgIpc) is 2.82. The van der Waals surface area contributed by atoms with E-state index < -0.39 is 24.2 Å². The zero-order valence-electron chi connectivity index (χ0n) is 12.8. The van der Waals surface area contributed by atoms with Gasteiger partial charge in [0.1, 0.15) is 11.8 Å². The molecule has 2 heterocycles. The van der Waals surface area contributed by atoms with Gasteiger partial charge >= 0.3 is 6.18 Å². The predicted octanol–water partition coefficient (Wildman–Crippen LogP) is 1.58. The number of aromatic nitrogens is 1. The van der Waals surface area contributed by atoms with E-state index in [0.717, 1.165) is 4.90 Å². The summed E-state index contributed by atoms with van der Waals surface area (Å²) in [7, 11) is 0. The molecule has 2 rings (SSSR count). The van der Waals surface area contributed by atoms with Gasteiger partial charge in [0, 0.05) is 25.6 Å². The zero-order valence-corrected chi connectivity index (χ0v) is 12.8. The fourth-order valence-corrected chi connectivity index (χ4v) is 2.75. The third-order valence-corrected chi connectivity index (χ3v) is 3.70. The summed E-state index contributed by atoms with van der Waals surface area (Å²) in [6.45, 7) is 2.76. The molecule has 6 nitrogen and oxygen atoms in total. The fourth-order valence-electron chi connectivity index (χ4n) is 2.75. The normalized spacial score (nSPS) is 22.0. The van der Waals surface area contributed by atoms with Gasteiger partial charge in [-0.25, -0.2) is 0 Å². The summed E-state index contributed by atoms with van der Waals surface area (Å²) < 4.78 is 44.3. The van der Waals surface area contributed by atoms with E-state index in [4.69, 9.17) is 4.52 Å². The molecule has 1 aliphatic heterocycles. The van der Waals surface area contributed by atoms with Crippen molar-refractivity contribution in [3.8, 4) is 0 Å². The van der Waals surface area contributed by atoms with Crippen LogP contribution in [0.15, 0.2) is 10.6 Å². The van der Waals surface area contributed by atoms with Crippen LogP contribution in [0.5, 0.6) is 0 Å². The summed E-state index contributed by atoms with van der Waals surface area (Å²) in [4.78, 5) is 24.2. The van der Waals surface area contributed by atoms with Crippen molar-refractivity contribution in [2.75, 3.05) is 6.54 Å². The first-order valence-corrected chi connectivity index (χ1v) is 7.22. The number of rotatable bonds is 3. The molecule has 1 aliphatic rings. The smallest absolute Gasteiger partial charge is 0.361 e. The fraction of sp³-hybridized carbons (Fsp3) is 0.643. The highest BCUT2D eigenvalue weighted by Crippen LogP contribution is 2.32. The minimum absolute atomic E-state index is 0.167. The Morgan fingerprint density at radius 2 is 2.13 bits per heavy atom. The van der Waals surface area contributed by atoms with Gasteiger partial charge in [0.2, 0.25) is 11.8 Å². The van der Waals surface area contributed by atoms with Crippen molar-refractivity contribution in [1.82, 2.24) is 15.4 Å². The number of nitrogens with zero attached hydrogens (tertiary/aromatic N) is 2. The van der Waals surface area contributed by atoms with E-state index in [1.54, 1.807) is 6.92 Å². The molecular weight excluding hydrogens is 315 g/mol. The molecule has 2 amide bonds. The first-order chi connectivity index (χ1) is 10.7. The molecule has 1 saturated heterocycles. The third-order valence-electron chi connectivity index (χ3n) is 3.70. The van der Waals surface area contributed by atoms with Crippen LogP contribution in [0.3, 0.4) is 0 Å². The maximum Gasteiger partial charge on any atom is 0.408 e. The number of nitrogens with one attached hydrogen (secondary N) is 1. The minimum atomic E-state index is -4.50. The number of aryl methyl sites for hydroxylation is 1. The molecular formula is C14H18F3N3O3. The Labute approximate surface area is 131 Å². The average molecular weight is 333 g/mol. The summed E-state index contributed by atoms with van der Waals surface area (Å²) >= 11 is 0. The molecule has 1 aromatic rings. The minimum Gasteiger partial charge on any atom is -0.361 e. The molecule has 0 bridgehead atoms. The first kappa shape index (κ1) is 17.3. The van der Waals surface area contributed by atoms with Gasteiger partial charge in [-0.15, -0.1) is 0 Å². The Bertz CT molecular complexity index is 585. The van der Waals surface area contributed by atoms with Crippen molar-refractivity contribution in [2.45, 2.75) is 51.4 Å². The van der Waals surface area contributed by atoms with Gasteiger partial charge in [0.25, 0.3) is 0 Å². The molecule has 0 unspecified atom stereocenters. The molecule has 1 fully saturated rings. The molecule has 23 heavy (non-hydrogen) atoms. The number of piperidine rings is 1. The van der Waals surface area contributed by atoms with Gasteiger partial charge in [0.15, 0.2) is 0 Å². The van der Waals surface area contributed by atoms with Crippen molar-refractivity contribution in [3.63, 3.8) is 0 Å². The first-order valence-electron chi connectivity index (χ1n) is 7.22. The maximum atomic E-state index is 13.2. The Hall–Kier alpha value is -2.06. The Morgan fingerprint density at radius 3 is 2.65 bits per heavy atom. The molecule has 1 N–H and O–H groups in total. The van der Waals surface area contributed by atoms with Crippen molar-refractivity contribution >= 4 is 11.8 Å². The number of carbonyl (C=O) groups excluding carboxylic acids is 2. The summed E-state index contributed by atoms with van der Waals surface area (Å²) in [5, 5.41) is 6.20. The lowest BCUT2D eigenvalue weighted by atomic mass is 9.97. The topological polar surface area (TPSA) is 75.4 Å². The predicted molar refractivity (Wildman–Crippen MR) is 73.3 cm³/mol. The van der Waals surface area contributed by atoms with Crippen LogP contribution in [0.2, 0.25) is 0 Å². The molecule has 9 heteroatoms. The Balaban J connectivity index is 2.13. The van der Waals surface area contributed by atoms with Crippen LogP contribution in [-0.2, 0) is 16.0 Å². The molecule has 128 valence electrons. The van der Waals surface area contributed by atoms with Gasteiger partial charge in [0.05, 0.1) is 12.1 Å². The molecule has 0 saturated carbocycles. The quantitative estimate of drug-likeness (QED) is 0.911. The van der Waals surface area contributed by atoms with E-state index in [-0.39, 0.29) is 37.4 Å². The zero-order chi connectivity index (χ0) is 17.2. The molecule has 0 spiro atoms. The number of halogens is 3. The second-order valence-electron chi connectivity index (χ2n) is 5.68. The van der Waals surface area contributed by atoms with Gasteiger partial charge in [-0.3, -0.25) is 9.59 Å². The maximum absolute atomic E-state index is 13.2. The number of alkyl halides is 3. The van der Waals surface area contributed by atoms with Crippen molar-refractivity contribution < 1.29 is 27.3 Å². The largest absolute Gasteiger partial charge is 0.408 e. The van der Waals surface area contributed by atoms with Crippen LogP contribution in [0.1, 0.15) is 31.2 Å². The van der Waals surface area contributed by atoms with Crippen molar-refractivity contribution in [3.05, 3.63) is 17.5 Å². The summed E-state index contributed by atoms with van der Waals surface area (Å²) in [6.07, 6.45) is -4.83. The summed E-state index contributed by atoms with van der Waals surface area (Å²) in [5.74, 6) is -0.536. The highest BCUT2D eigenvalue weighted by atomic mass is 19.4. The highest BCUT2D eigenvalue weighted by molar-refractivity contribution is 5.79. The standard InChI is InChI=1S/C14H18F3N3O3/c1-8-5-11(19-23-8)6-13(22)20-7-10(18-9(2)21)3-4-12(20)14(15,16)17/h5,10,12H,3-4,6-7H2,1-2H3,(H,18,21)/t10-,12+/m1/s1. The van der Waals surface area contributed by atoms with Crippen molar-refractivity contribution in [2.24, 2.45) is 0 Å². The van der Waals surface area contributed by atoms with Crippen LogP contribution < -0.4 is 5.32 Å². The van der Waals surface area contributed by atoms with Crippen molar-refractivity contribution in [1.29, 1.82) is 0 Å². The van der Waals surface area contributed by atoms with Crippen LogP contribution in [0.4, 0.5) is 13.2 Å². The lowest BCUT2D eigenvalue weighted by Gasteiger charge is -2.40. The molecule has 2 atom stereocenters. The van der Waals surface area contributed by atoms with E-state index >= 15 is 0 Å². The number of carbonyl (C=O) groups is 2. The molecule has 0 radical (unpaired) electrons. The number of hydrogen-bond donors (Lipinski definition) is 1. The van der Waals surface area contributed by atoms with Crippen LogP contribution in [0.25, 0.3) is 0 Å². The SMILES string of the molecule is CC(=O)N[C@@H]1CC[C@@H](C(F)(F)F)N(C(=O)Cc2cc(C)on2)C1.